The van der Waals surface area contributed by atoms with Crippen molar-refractivity contribution in [3.63, 3.8) is 0 Å². The molecule has 35 heavy (non-hydrogen) atoms. The number of rotatable bonds is 9. The lowest BCUT2D eigenvalue weighted by atomic mass is 9.98. The SMILES string of the molecule is C1COCCN1.COc1cc(OC)c(/C(C=O)=C\Cc2cc(OC)c(OC)c(OC)c2)c(O)c1C. The molecule has 1 heterocycles. The highest BCUT2D eigenvalue weighted by molar-refractivity contribution is 6.09. The van der Waals surface area contributed by atoms with Crippen LogP contribution in [-0.4, -0.2) is 73.2 Å². The number of allylic oxidation sites excluding steroid dienone is 2. The van der Waals surface area contributed by atoms with Gasteiger partial charge in [0.2, 0.25) is 5.75 Å². The molecule has 0 radical (unpaired) electrons. The van der Waals surface area contributed by atoms with Crippen LogP contribution >= 0.6 is 0 Å². The molecule has 9 nitrogen and oxygen atoms in total. The third kappa shape index (κ3) is 7.03. The molecule has 2 N–H and O–H groups in total. The summed E-state index contributed by atoms with van der Waals surface area (Å²) >= 11 is 0. The number of nitrogens with one attached hydrogen (secondary N) is 1. The summed E-state index contributed by atoms with van der Waals surface area (Å²) in [6.45, 7) is 5.54. The molecule has 0 unspecified atom stereocenters. The molecule has 192 valence electrons. The van der Waals surface area contributed by atoms with Crippen molar-refractivity contribution in [2.75, 3.05) is 61.9 Å². The Kier molecular flexibility index (Phi) is 11.2. The number of ether oxygens (including phenoxy) is 6. The highest BCUT2D eigenvalue weighted by Crippen LogP contribution is 2.42. The Labute approximate surface area is 206 Å². The van der Waals surface area contributed by atoms with Crippen molar-refractivity contribution in [3.05, 3.63) is 41.0 Å². The van der Waals surface area contributed by atoms with E-state index in [1.807, 2.05) is 0 Å². The number of morpholine rings is 1. The standard InChI is InChI=1S/C22H26O7.C4H9NO/c1-13-16(25-2)11-17(26-3)20(21(13)24)15(12-23)8-7-14-9-18(27-4)22(29-6)19(10-14)28-5;1-3-6-4-2-5-1/h8-12,24H,7H2,1-6H3;5H,1-4H2/b15-8-;. The van der Waals surface area contributed by atoms with E-state index in [0.717, 1.165) is 31.9 Å². The number of carbonyl (C=O) groups excluding carboxylic acids is 1. The van der Waals surface area contributed by atoms with Gasteiger partial charge in [-0.1, -0.05) is 6.08 Å². The van der Waals surface area contributed by atoms with Gasteiger partial charge in [-0.2, -0.15) is 0 Å². The topological polar surface area (TPSA) is 105 Å². The third-order valence-corrected chi connectivity index (χ3v) is 5.45. The fourth-order valence-electron chi connectivity index (χ4n) is 3.58. The van der Waals surface area contributed by atoms with E-state index >= 15 is 0 Å². The van der Waals surface area contributed by atoms with Gasteiger partial charge in [-0.05, 0) is 31.0 Å². The maximum Gasteiger partial charge on any atom is 0.203 e. The number of phenolic OH excluding ortho intramolecular Hbond substituents is 1. The lowest BCUT2D eigenvalue weighted by Crippen LogP contribution is -2.30. The summed E-state index contributed by atoms with van der Waals surface area (Å²) in [4.78, 5) is 11.8. The molecule has 2 aromatic carbocycles. The number of carbonyl (C=O) groups is 1. The second-order valence-electron chi connectivity index (χ2n) is 7.51. The molecule has 0 bridgehead atoms. The first-order chi connectivity index (χ1) is 16.9. The number of aromatic hydroxyl groups is 1. The van der Waals surface area contributed by atoms with Crippen LogP contribution in [0.3, 0.4) is 0 Å². The Hall–Kier alpha value is -3.43. The quantitative estimate of drug-likeness (QED) is 0.406. The average molecular weight is 490 g/mol. The van der Waals surface area contributed by atoms with Gasteiger partial charge in [0.25, 0.3) is 0 Å². The second kappa shape index (κ2) is 14.1. The largest absolute Gasteiger partial charge is 0.507 e. The molecule has 0 aliphatic carbocycles. The summed E-state index contributed by atoms with van der Waals surface area (Å²) in [6.07, 6.45) is 2.77. The van der Waals surface area contributed by atoms with Gasteiger partial charge in [0.15, 0.2) is 17.8 Å². The van der Waals surface area contributed by atoms with Crippen LogP contribution in [0, 0.1) is 6.92 Å². The minimum absolute atomic E-state index is 0.0653. The predicted molar refractivity (Wildman–Crippen MR) is 133 cm³/mol. The first-order valence-corrected chi connectivity index (χ1v) is 11.1. The van der Waals surface area contributed by atoms with Crippen LogP contribution in [0.1, 0.15) is 16.7 Å². The Morgan fingerprint density at radius 2 is 1.49 bits per heavy atom. The number of hydrogen-bond acceptors (Lipinski definition) is 9. The number of aldehydes is 1. The van der Waals surface area contributed by atoms with E-state index < -0.39 is 0 Å². The van der Waals surface area contributed by atoms with Crippen molar-refractivity contribution >= 4 is 11.9 Å². The van der Waals surface area contributed by atoms with Crippen molar-refractivity contribution in [2.24, 2.45) is 0 Å². The van der Waals surface area contributed by atoms with E-state index in [4.69, 9.17) is 28.4 Å². The molecule has 9 heteroatoms. The highest BCUT2D eigenvalue weighted by atomic mass is 16.5. The van der Waals surface area contributed by atoms with Gasteiger partial charge in [0.1, 0.15) is 17.2 Å². The lowest BCUT2D eigenvalue weighted by Gasteiger charge is -2.16. The summed E-state index contributed by atoms with van der Waals surface area (Å²) in [7, 11) is 7.58. The van der Waals surface area contributed by atoms with E-state index in [9.17, 15) is 9.90 Å². The zero-order valence-corrected chi connectivity index (χ0v) is 21.2. The Morgan fingerprint density at radius 1 is 0.914 bits per heavy atom. The number of phenols is 1. The summed E-state index contributed by atoms with van der Waals surface area (Å²) < 4.78 is 31.7. The summed E-state index contributed by atoms with van der Waals surface area (Å²) in [5.74, 6) is 2.27. The molecule has 1 fully saturated rings. The Bertz CT molecular complexity index is 978. The van der Waals surface area contributed by atoms with Gasteiger partial charge in [-0.25, -0.2) is 0 Å². The molecule has 0 atom stereocenters. The van der Waals surface area contributed by atoms with Crippen LogP contribution in [-0.2, 0) is 16.0 Å². The van der Waals surface area contributed by atoms with E-state index in [-0.39, 0.29) is 5.75 Å². The van der Waals surface area contributed by atoms with Crippen LogP contribution in [0.25, 0.3) is 5.57 Å². The Morgan fingerprint density at radius 3 is 1.89 bits per heavy atom. The number of methoxy groups -OCH3 is 5. The van der Waals surface area contributed by atoms with Gasteiger partial charge < -0.3 is 38.8 Å². The summed E-state index contributed by atoms with van der Waals surface area (Å²) in [5, 5.41) is 13.8. The van der Waals surface area contributed by atoms with Crippen LogP contribution < -0.4 is 29.0 Å². The Balaban J connectivity index is 0.000000625. The van der Waals surface area contributed by atoms with Crippen LogP contribution in [0.15, 0.2) is 24.3 Å². The van der Waals surface area contributed by atoms with Gasteiger partial charge in [-0.15, -0.1) is 0 Å². The molecule has 3 rings (SSSR count). The predicted octanol–water partition coefficient (Wildman–Crippen LogP) is 3.17. The molecule has 1 aliphatic heterocycles. The summed E-state index contributed by atoms with van der Waals surface area (Å²) in [5.41, 5.74) is 1.96. The van der Waals surface area contributed by atoms with Gasteiger partial charge in [-0.3, -0.25) is 4.79 Å². The number of benzene rings is 2. The van der Waals surface area contributed by atoms with E-state index in [1.165, 1.54) is 35.5 Å². The third-order valence-electron chi connectivity index (χ3n) is 5.45. The molecule has 0 saturated carbocycles. The molecular weight excluding hydrogens is 454 g/mol. The van der Waals surface area contributed by atoms with Crippen LogP contribution in [0.4, 0.5) is 0 Å². The monoisotopic (exact) mass is 489 g/mol. The zero-order chi connectivity index (χ0) is 25.8. The smallest absolute Gasteiger partial charge is 0.203 e. The lowest BCUT2D eigenvalue weighted by molar-refractivity contribution is -0.103. The molecule has 0 amide bonds. The van der Waals surface area contributed by atoms with Gasteiger partial charge in [0.05, 0.1) is 54.3 Å². The maximum absolute atomic E-state index is 11.8. The van der Waals surface area contributed by atoms with Gasteiger partial charge >= 0.3 is 0 Å². The molecule has 0 spiro atoms. The first-order valence-electron chi connectivity index (χ1n) is 11.1. The highest BCUT2D eigenvalue weighted by Gasteiger charge is 2.20. The normalized spacial score (nSPS) is 13.3. The molecule has 1 aliphatic rings. The zero-order valence-electron chi connectivity index (χ0n) is 21.2. The van der Waals surface area contributed by atoms with Crippen LogP contribution in [0.2, 0.25) is 0 Å². The van der Waals surface area contributed by atoms with E-state index in [0.29, 0.717) is 58.2 Å². The average Bonchev–Trinajstić information content (AvgIpc) is 2.91. The molecule has 0 aromatic heterocycles. The molecular formula is C26H35NO8. The fourth-order valence-corrected chi connectivity index (χ4v) is 3.58. The minimum Gasteiger partial charge on any atom is -0.507 e. The maximum atomic E-state index is 11.8. The van der Waals surface area contributed by atoms with Crippen molar-refractivity contribution in [3.8, 4) is 34.5 Å². The van der Waals surface area contributed by atoms with Crippen molar-refractivity contribution in [1.29, 1.82) is 0 Å². The first kappa shape index (κ1) is 27.8. The van der Waals surface area contributed by atoms with Crippen LogP contribution in [0.5, 0.6) is 34.5 Å². The van der Waals surface area contributed by atoms with Crippen molar-refractivity contribution < 1.29 is 38.3 Å². The van der Waals surface area contributed by atoms with Crippen molar-refractivity contribution in [2.45, 2.75) is 13.3 Å². The van der Waals surface area contributed by atoms with E-state index in [1.54, 1.807) is 31.2 Å². The molecule has 2 aromatic rings. The second-order valence-corrected chi connectivity index (χ2v) is 7.51. The minimum atomic E-state index is -0.0653. The van der Waals surface area contributed by atoms with Crippen molar-refractivity contribution in [1.82, 2.24) is 5.32 Å². The molecule has 1 saturated heterocycles. The van der Waals surface area contributed by atoms with E-state index in [2.05, 4.69) is 5.32 Å². The summed E-state index contributed by atoms with van der Waals surface area (Å²) in [6, 6.07) is 5.24. The fraction of sp³-hybridized carbons (Fsp3) is 0.423. The van der Waals surface area contributed by atoms with Gasteiger partial charge in [0, 0.05) is 30.3 Å². The number of hydrogen-bond donors (Lipinski definition) is 2.